The molecule has 5 rings (SSSR count). The van der Waals surface area contributed by atoms with Gasteiger partial charge in [0.2, 0.25) is 0 Å². The van der Waals surface area contributed by atoms with Crippen molar-refractivity contribution in [2.24, 2.45) is 5.92 Å². The molecule has 7 heteroatoms. The maximum atomic E-state index is 13.3. The van der Waals surface area contributed by atoms with Gasteiger partial charge in [0.15, 0.2) is 0 Å². The summed E-state index contributed by atoms with van der Waals surface area (Å²) in [4.78, 5) is 27.0. The highest BCUT2D eigenvalue weighted by Crippen LogP contribution is 2.48. The fourth-order valence-corrected chi connectivity index (χ4v) is 5.43. The zero-order chi connectivity index (χ0) is 21.7. The van der Waals surface area contributed by atoms with Gasteiger partial charge in [0, 0.05) is 22.3 Å². The van der Waals surface area contributed by atoms with Crippen LogP contribution in [0.4, 0.5) is 0 Å². The van der Waals surface area contributed by atoms with Gasteiger partial charge < -0.3 is 14.0 Å². The third-order valence-corrected chi connectivity index (χ3v) is 7.56. The second kappa shape index (κ2) is 8.21. The standard InChI is InChI=1S/C24H26ClNO4S/c1-13(2)30-24(28)18-8-15-12-31-21-10-20(29-11-14-4-3-5-14)19(25)9-17(21)22(15)26(23(18)27)16-6-7-16/h8-10,13-14,16H,3-7,11-12H2,1-2H3. The molecule has 0 amide bonds. The number of esters is 1. The average Bonchev–Trinajstić information content (AvgIpc) is 3.51. The number of carbonyl (C=O) groups excluding carboxylic acids is 1. The van der Waals surface area contributed by atoms with Crippen LogP contribution in [0.5, 0.6) is 5.75 Å². The van der Waals surface area contributed by atoms with Crippen LogP contribution in [-0.2, 0) is 10.5 Å². The minimum atomic E-state index is -0.550. The molecule has 0 radical (unpaired) electrons. The third kappa shape index (κ3) is 4.00. The van der Waals surface area contributed by atoms with Crippen LogP contribution in [0.15, 0.2) is 27.9 Å². The molecule has 5 nitrogen and oxygen atoms in total. The number of rotatable bonds is 6. The topological polar surface area (TPSA) is 57.5 Å². The van der Waals surface area contributed by atoms with Gasteiger partial charge in [-0.15, -0.1) is 11.8 Å². The van der Waals surface area contributed by atoms with Gasteiger partial charge in [-0.3, -0.25) is 4.79 Å². The van der Waals surface area contributed by atoms with Gasteiger partial charge in [-0.2, -0.15) is 0 Å². The van der Waals surface area contributed by atoms with Crippen molar-refractivity contribution < 1.29 is 14.3 Å². The molecule has 2 saturated carbocycles. The molecule has 0 bridgehead atoms. The molecule has 2 heterocycles. The van der Waals surface area contributed by atoms with E-state index in [0.29, 0.717) is 29.0 Å². The largest absolute Gasteiger partial charge is 0.492 e. The number of hydrogen-bond donors (Lipinski definition) is 0. The molecule has 31 heavy (non-hydrogen) atoms. The van der Waals surface area contributed by atoms with Crippen molar-refractivity contribution in [3.05, 3.63) is 44.7 Å². The number of hydrogen-bond acceptors (Lipinski definition) is 5. The van der Waals surface area contributed by atoms with Crippen LogP contribution in [0.2, 0.25) is 5.02 Å². The lowest BCUT2D eigenvalue weighted by Crippen LogP contribution is -2.30. The van der Waals surface area contributed by atoms with E-state index in [0.717, 1.165) is 34.6 Å². The van der Waals surface area contributed by atoms with E-state index < -0.39 is 5.97 Å². The van der Waals surface area contributed by atoms with E-state index in [1.165, 1.54) is 19.3 Å². The average molecular weight is 460 g/mol. The molecule has 164 valence electrons. The Morgan fingerprint density at radius 2 is 2.00 bits per heavy atom. The Kier molecular flexibility index (Phi) is 5.55. The maximum absolute atomic E-state index is 13.3. The molecular formula is C24H26ClNO4S. The monoisotopic (exact) mass is 459 g/mol. The van der Waals surface area contributed by atoms with E-state index in [1.54, 1.807) is 36.2 Å². The summed E-state index contributed by atoms with van der Waals surface area (Å²) in [6, 6.07) is 5.76. The lowest BCUT2D eigenvalue weighted by atomic mass is 9.86. The second-order valence-corrected chi connectivity index (χ2v) is 10.4. The normalized spacial score (nSPS) is 17.7. The third-order valence-electron chi connectivity index (χ3n) is 6.16. The fraction of sp³-hybridized carbons (Fsp3) is 0.500. The number of nitrogens with zero attached hydrogens (tertiary/aromatic N) is 1. The van der Waals surface area contributed by atoms with E-state index in [2.05, 4.69) is 0 Å². The van der Waals surface area contributed by atoms with Crippen LogP contribution in [-0.4, -0.2) is 23.2 Å². The summed E-state index contributed by atoms with van der Waals surface area (Å²) in [5.41, 5.74) is 2.65. The number of aromatic nitrogens is 1. The molecule has 0 atom stereocenters. The minimum Gasteiger partial charge on any atom is -0.492 e. The van der Waals surface area contributed by atoms with Crippen molar-refractivity contribution in [3.63, 3.8) is 0 Å². The smallest absolute Gasteiger partial charge is 0.344 e. The number of pyridine rings is 1. The van der Waals surface area contributed by atoms with Gasteiger partial charge in [0.05, 0.1) is 23.4 Å². The number of ether oxygens (including phenoxy) is 2. The van der Waals surface area contributed by atoms with E-state index >= 15 is 0 Å². The van der Waals surface area contributed by atoms with E-state index in [4.69, 9.17) is 21.1 Å². The Morgan fingerprint density at radius 1 is 1.23 bits per heavy atom. The Bertz CT molecular complexity index is 1100. The summed E-state index contributed by atoms with van der Waals surface area (Å²) in [7, 11) is 0. The van der Waals surface area contributed by atoms with Crippen LogP contribution >= 0.6 is 23.4 Å². The summed E-state index contributed by atoms with van der Waals surface area (Å²) < 4.78 is 13.2. The van der Waals surface area contributed by atoms with Crippen LogP contribution < -0.4 is 10.3 Å². The van der Waals surface area contributed by atoms with Crippen molar-refractivity contribution in [2.45, 2.75) is 68.7 Å². The molecule has 1 aromatic heterocycles. The lowest BCUT2D eigenvalue weighted by molar-refractivity contribution is 0.0375. The molecular weight excluding hydrogens is 434 g/mol. The molecule has 0 spiro atoms. The molecule has 2 fully saturated rings. The van der Waals surface area contributed by atoms with Crippen LogP contribution in [0.3, 0.4) is 0 Å². The number of thioether (sulfide) groups is 1. The molecule has 0 unspecified atom stereocenters. The van der Waals surface area contributed by atoms with Crippen molar-refractivity contribution in [2.75, 3.05) is 6.61 Å². The van der Waals surface area contributed by atoms with Crippen LogP contribution in [0.1, 0.15) is 67.9 Å². The number of fused-ring (bicyclic) bond motifs is 3. The van der Waals surface area contributed by atoms with Gasteiger partial charge in [-0.1, -0.05) is 18.0 Å². The lowest BCUT2D eigenvalue weighted by Gasteiger charge is -2.27. The zero-order valence-corrected chi connectivity index (χ0v) is 19.4. The number of benzene rings is 1. The van der Waals surface area contributed by atoms with Crippen molar-refractivity contribution in [1.82, 2.24) is 4.57 Å². The zero-order valence-electron chi connectivity index (χ0n) is 17.8. The molecule has 1 aromatic carbocycles. The Labute approximate surface area is 191 Å². The molecule has 1 aliphatic heterocycles. The summed E-state index contributed by atoms with van der Waals surface area (Å²) >= 11 is 8.29. The quantitative estimate of drug-likeness (QED) is 0.507. The highest BCUT2D eigenvalue weighted by molar-refractivity contribution is 7.98. The second-order valence-electron chi connectivity index (χ2n) is 8.97. The van der Waals surface area contributed by atoms with Gasteiger partial charge in [-0.25, -0.2) is 4.79 Å². The van der Waals surface area contributed by atoms with E-state index in [-0.39, 0.29) is 23.3 Å². The minimum absolute atomic E-state index is 0.120. The van der Waals surface area contributed by atoms with E-state index in [1.807, 2.05) is 12.1 Å². The molecule has 2 aliphatic carbocycles. The Balaban J connectivity index is 1.56. The highest BCUT2D eigenvalue weighted by atomic mass is 35.5. The first-order chi connectivity index (χ1) is 14.9. The van der Waals surface area contributed by atoms with Gasteiger partial charge >= 0.3 is 5.97 Å². The first kappa shape index (κ1) is 21.0. The maximum Gasteiger partial charge on any atom is 0.344 e. The summed E-state index contributed by atoms with van der Waals surface area (Å²) in [5.74, 6) is 1.47. The van der Waals surface area contributed by atoms with Crippen LogP contribution in [0, 0.1) is 5.92 Å². The summed E-state index contributed by atoms with van der Waals surface area (Å²) in [6.07, 6.45) is 5.33. The first-order valence-electron chi connectivity index (χ1n) is 11.0. The highest BCUT2D eigenvalue weighted by Gasteiger charge is 2.34. The summed E-state index contributed by atoms with van der Waals surface area (Å²) in [5, 5.41) is 0.560. The number of halogens is 1. The van der Waals surface area contributed by atoms with Gasteiger partial charge in [0.25, 0.3) is 5.56 Å². The van der Waals surface area contributed by atoms with Crippen LogP contribution in [0.25, 0.3) is 11.3 Å². The molecule has 0 saturated heterocycles. The Hall–Kier alpha value is -1.92. The van der Waals surface area contributed by atoms with Crippen molar-refractivity contribution in [3.8, 4) is 17.0 Å². The molecule has 3 aliphatic rings. The Morgan fingerprint density at radius 3 is 2.65 bits per heavy atom. The SMILES string of the molecule is CC(C)OC(=O)c1cc2c(n(C3CC3)c1=O)-c1cc(Cl)c(OCC3CCC3)cc1SC2. The summed E-state index contributed by atoms with van der Waals surface area (Å²) in [6.45, 7) is 4.27. The predicted molar refractivity (Wildman–Crippen MR) is 122 cm³/mol. The number of carbonyl (C=O) groups is 1. The molecule has 2 aromatic rings. The van der Waals surface area contributed by atoms with Gasteiger partial charge in [0.1, 0.15) is 11.3 Å². The van der Waals surface area contributed by atoms with Crippen molar-refractivity contribution in [1.29, 1.82) is 0 Å². The predicted octanol–water partition coefficient (Wildman–Crippen LogP) is 5.85. The van der Waals surface area contributed by atoms with E-state index in [9.17, 15) is 9.59 Å². The first-order valence-corrected chi connectivity index (χ1v) is 12.4. The van der Waals surface area contributed by atoms with Crippen molar-refractivity contribution >= 4 is 29.3 Å². The van der Waals surface area contributed by atoms with Gasteiger partial charge in [-0.05, 0) is 69.2 Å². The fourth-order valence-electron chi connectivity index (χ4n) is 4.18. The molecule has 0 N–H and O–H groups in total.